The van der Waals surface area contributed by atoms with E-state index in [-0.39, 0.29) is 22.7 Å². The smallest absolute Gasteiger partial charge is 0.257 e. The van der Waals surface area contributed by atoms with Crippen LogP contribution >= 0.6 is 0 Å². The Bertz CT molecular complexity index is 502. The fourth-order valence-electron chi connectivity index (χ4n) is 2.43. The Balaban J connectivity index is 2.18. The van der Waals surface area contributed by atoms with Crippen molar-refractivity contribution < 1.29 is 9.18 Å². The van der Waals surface area contributed by atoms with Crippen LogP contribution in [0.25, 0.3) is 0 Å². The molecule has 1 N–H and O–H groups in total. The number of halogens is 1. The van der Waals surface area contributed by atoms with Crippen molar-refractivity contribution in [2.45, 2.75) is 33.6 Å². The Hall–Kier alpha value is -1.65. The van der Waals surface area contributed by atoms with Crippen LogP contribution in [-0.4, -0.2) is 35.4 Å². The zero-order chi connectivity index (χ0) is 14.8. The third-order valence-electron chi connectivity index (χ3n) is 3.63. The minimum Gasteiger partial charge on any atom is -0.368 e. The summed E-state index contributed by atoms with van der Waals surface area (Å²) in [6, 6.07) is 1.46. The van der Waals surface area contributed by atoms with Gasteiger partial charge in [0.15, 0.2) is 11.6 Å². The molecule has 4 nitrogen and oxygen atoms in total. The highest BCUT2D eigenvalue weighted by Crippen LogP contribution is 2.30. The van der Waals surface area contributed by atoms with E-state index in [0.717, 1.165) is 12.8 Å². The monoisotopic (exact) mass is 279 g/mol. The molecule has 0 aliphatic carbocycles. The van der Waals surface area contributed by atoms with Gasteiger partial charge in [-0.25, -0.2) is 9.37 Å². The second-order valence-corrected chi connectivity index (χ2v) is 6.09. The summed E-state index contributed by atoms with van der Waals surface area (Å²) in [5.41, 5.74) is 0.221. The number of hydrogen-bond acceptors (Lipinski definition) is 3. The summed E-state index contributed by atoms with van der Waals surface area (Å²) >= 11 is 0. The van der Waals surface area contributed by atoms with Gasteiger partial charge in [0.1, 0.15) is 0 Å². The summed E-state index contributed by atoms with van der Waals surface area (Å²) < 4.78 is 14.3. The molecule has 0 saturated carbocycles. The van der Waals surface area contributed by atoms with Gasteiger partial charge in [-0.3, -0.25) is 4.79 Å². The van der Waals surface area contributed by atoms with Crippen molar-refractivity contribution in [3.05, 3.63) is 23.6 Å². The first-order valence-electron chi connectivity index (χ1n) is 7.12. The number of amides is 1. The Morgan fingerprint density at radius 3 is 2.90 bits per heavy atom. The van der Waals surface area contributed by atoms with E-state index in [1.807, 2.05) is 6.92 Å². The quantitative estimate of drug-likeness (QED) is 0.921. The molecule has 110 valence electrons. The van der Waals surface area contributed by atoms with E-state index in [2.05, 4.69) is 24.1 Å². The number of likely N-dealkylation sites (tertiary alicyclic amines) is 1. The molecule has 1 aromatic rings. The summed E-state index contributed by atoms with van der Waals surface area (Å²) in [6.45, 7) is 8.23. The number of nitrogens with zero attached hydrogens (tertiary/aromatic N) is 2. The van der Waals surface area contributed by atoms with Gasteiger partial charge in [0, 0.05) is 25.8 Å². The molecule has 0 unspecified atom stereocenters. The lowest BCUT2D eigenvalue weighted by Crippen LogP contribution is -2.31. The van der Waals surface area contributed by atoms with E-state index >= 15 is 0 Å². The van der Waals surface area contributed by atoms with Gasteiger partial charge in [-0.2, -0.15) is 0 Å². The van der Waals surface area contributed by atoms with Crippen molar-refractivity contribution in [2.24, 2.45) is 5.41 Å². The molecule has 0 spiro atoms. The van der Waals surface area contributed by atoms with Crippen molar-refractivity contribution in [1.29, 1.82) is 0 Å². The third kappa shape index (κ3) is 3.08. The predicted octanol–water partition coefficient (Wildman–Crippen LogP) is 2.91. The Morgan fingerprint density at radius 2 is 2.30 bits per heavy atom. The molecule has 0 bridgehead atoms. The standard InChI is InChI=1S/C15H22FN3O/c1-4-7-17-13-12(16)11(5-8-18-13)14(20)19-9-6-15(2,3)10-19/h5,8H,4,6-7,9-10H2,1-3H3,(H,17,18). The first-order chi connectivity index (χ1) is 9.44. The molecular weight excluding hydrogens is 257 g/mol. The molecule has 1 fully saturated rings. The number of pyridine rings is 1. The van der Waals surface area contributed by atoms with Crippen LogP contribution in [0.4, 0.5) is 10.2 Å². The largest absolute Gasteiger partial charge is 0.368 e. The number of rotatable bonds is 4. The lowest BCUT2D eigenvalue weighted by molar-refractivity contribution is 0.0773. The lowest BCUT2D eigenvalue weighted by atomic mass is 9.93. The zero-order valence-corrected chi connectivity index (χ0v) is 12.4. The number of carbonyl (C=O) groups is 1. The van der Waals surface area contributed by atoms with Crippen LogP contribution in [0.1, 0.15) is 44.0 Å². The summed E-state index contributed by atoms with van der Waals surface area (Å²) in [4.78, 5) is 18.1. The maximum absolute atomic E-state index is 14.3. The van der Waals surface area contributed by atoms with Gasteiger partial charge in [-0.15, -0.1) is 0 Å². The Kier molecular flexibility index (Phi) is 4.26. The fourth-order valence-corrected chi connectivity index (χ4v) is 2.43. The highest BCUT2D eigenvalue weighted by molar-refractivity contribution is 5.95. The van der Waals surface area contributed by atoms with Crippen molar-refractivity contribution >= 4 is 11.7 Å². The molecule has 0 aromatic carbocycles. The first-order valence-corrected chi connectivity index (χ1v) is 7.12. The van der Waals surface area contributed by atoms with Crippen LogP contribution in [0.15, 0.2) is 12.3 Å². The van der Waals surface area contributed by atoms with E-state index < -0.39 is 5.82 Å². The lowest BCUT2D eigenvalue weighted by Gasteiger charge is -2.20. The SMILES string of the molecule is CCCNc1nccc(C(=O)N2CCC(C)(C)C2)c1F. The molecule has 0 radical (unpaired) electrons. The zero-order valence-electron chi connectivity index (χ0n) is 12.4. The van der Waals surface area contributed by atoms with Crippen molar-refractivity contribution in [3.63, 3.8) is 0 Å². The van der Waals surface area contributed by atoms with Gasteiger partial charge >= 0.3 is 0 Å². The fraction of sp³-hybridized carbons (Fsp3) is 0.600. The van der Waals surface area contributed by atoms with Crippen LogP contribution in [0.5, 0.6) is 0 Å². The predicted molar refractivity (Wildman–Crippen MR) is 77.3 cm³/mol. The van der Waals surface area contributed by atoms with Gasteiger partial charge < -0.3 is 10.2 Å². The third-order valence-corrected chi connectivity index (χ3v) is 3.63. The second-order valence-electron chi connectivity index (χ2n) is 6.09. The molecular formula is C15H22FN3O. The molecule has 1 aromatic heterocycles. The van der Waals surface area contributed by atoms with Crippen LogP contribution in [0.2, 0.25) is 0 Å². The molecule has 2 rings (SSSR count). The van der Waals surface area contributed by atoms with Crippen LogP contribution in [0.3, 0.4) is 0 Å². The number of carbonyl (C=O) groups excluding carboxylic acids is 1. The van der Waals surface area contributed by atoms with Gasteiger partial charge in [-0.05, 0) is 24.3 Å². The van der Waals surface area contributed by atoms with Crippen molar-refractivity contribution in [2.75, 3.05) is 25.0 Å². The molecule has 0 atom stereocenters. The Labute approximate surface area is 119 Å². The average molecular weight is 279 g/mol. The highest BCUT2D eigenvalue weighted by Gasteiger charge is 2.33. The van der Waals surface area contributed by atoms with Crippen LogP contribution in [-0.2, 0) is 0 Å². The summed E-state index contributed by atoms with van der Waals surface area (Å²) in [7, 11) is 0. The summed E-state index contributed by atoms with van der Waals surface area (Å²) in [5.74, 6) is -0.623. The van der Waals surface area contributed by atoms with E-state index in [1.165, 1.54) is 12.3 Å². The molecule has 1 aliphatic heterocycles. The topological polar surface area (TPSA) is 45.2 Å². The minimum atomic E-state index is -0.546. The molecule has 1 saturated heterocycles. The van der Waals surface area contributed by atoms with Crippen LogP contribution < -0.4 is 5.32 Å². The second kappa shape index (κ2) is 5.77. The van der Waals surface area contributed by atoms with Gasteiger partial charge in [-0.1, -0.05) is 20.8 Å². The maximum Gasteiger partial charge on any atom is 0.257 e. The number of nitrogens with one attached hydrogen (secondary N) is 1. The number of anilines is 1. The summed E-state index contributed by atoms with van der Waals surface area (Å²) in [6.07, 6.45) is 3.31. The molecule has 1 aliphatic rings. The molecule has 20 heavy (non-hydrogen) atoms. The van der Waals surface area contributed by atoms with E-state index in [0.29, 0.717) is 19.6 Å². The van der Waals surface area contributed by atoms with E-state index in [1.54, 1.807) is 4.90 Å². The van der Waals surface area contributed by atoms with Crippen molar-refractivity contribution in [1.82, 2.24) is 9.88 Å². The average Bonchev–Trinajstić information content (AvgIpc) is 2.77. The Morgan fingerprint density at radius 1 is 1.55 bits per heavy atom. The molecule has 1 amide bonds. The number of aromatic nitrogens is 1. The molecule has 2 heterocycles. The molecule has 5 heteroatoms. The van der Waals surface area contributed by atoms with E-state index in [9.17, 15) is 9.18 Å². The highest BCUT2D eigenvalue weighted by atomic mass is 19.1. The van der Waals surface area contributed by atoms with Gasteiger partial charge in [0.05, 0.1) is 5.56 Å². The van der Waals surface area contributed by atoms with Crippen LogP contribution in [0, 0.1) is 11.2 Å². The summed E-state index contributed by atoms with van der Waals surface area (Å²) in [5, 5.41) is 2.91. The van der Waals surface area contributed by atoms with Gasteiger partial charge in [0.25, 0.3) is 5.91 Å². The first kappa shape index (κ1) is 14.8. The maximum atomic E-state index is 14.3. The normalized spacial score (nSPS) is 17.3. The number of hydrogen-bond donors (Lipinski definition) is 1. The van der Waals surface area contributed by atoms with E-state index in [4.69, 9.17) is 0 Å². The minimum absolute atomic E-state index is 0.108. The van der Waals surface area contributed by atoms with Crippen molar-refractivity contribution in [3.8, 4) is 0 Å². The van der Waals surface area contributed by atoms with Gasteiger partial charge in [0.2, 0.25) is 0 Å².